The molecule has 0 bridgehead atoms. The van der Waals surface area contributed by atoms with Crippen molar-refractivity contribution in [3.63, 3.8) is 0 Å². The Morgan fingerprint density at radius 2 is 1.52 bits per heavy atom. The van der Waals surface area contributed by atoms with Crippen molar-refractivity contribution in [2.75, 3.05) is 0 Å². The first kappa shape index (κ1) is 19.2. The fourth-order valence-corrected chi connectivity index (χ4v) is 3.60. The Bertz CT molecular complexity index is 737. The molecule has 2 aromatic carbocycles. The minimum Gasteiger partial charge on any atom is -0.352 e. The third-order valence-electron chi connectivity index (χ3n) is 5.30. The second-order valence-electron chi connectivity index (χ2n) is 7.55. The first-order valence-electron chi connectivity index (χ1n) is 9.82. The van der Waals surface area contributed by atoms with Crippen molar-refractivity contribution in [1.82, 2.24) is 10.6 Å². The van der Waals surface area contributed by atoms with Gasteiger partial charge in [0.1, 0.15) is 6.04 Å². The van der Waals surface area contributed by atoms with Gasteiger partial charge in [0.2, 0.25) is 5.91 Å². The molecule has 1 atom stereocenters. The molecule has 4 heteroatoms. The predicted octanol–water partition coefficient (Wildman–Crippen LogP) is 3.72. The summed E-state index contributed by atoms with van der Waals surface area (Å²) in [6, 6.07) is 18.5. The highest BCUT2D eigenvalue weighted by atomic mass is 16.2. The molecule has 2 amide bonds. The van der Waals surface area contributed by atoms with E-state index in [9.17, 15) is 9.59 Å². The zero-order valence-corrected chi connectivity index (χ0v) is 15.9. The van der Waals surface area contributed by atoms with Gasteiger partial charge < -0.3 is 10.6 Å². The number of carbonyl (C=O) groups excluding carboxylic acids is 2. The van der Waals surface area contributed by atoms with Crippen LogP contribution in [0.25, 0.3) is 0 Å². The third kappa shape index (κ3) is 5.68. The van der Waals surface area contributed by atoms with Crippen molar-refractivity contribution in [1.29, 1.82) is 0 Å². The maximum Gasteiger partial charge on any atom is 0.251 e. The van der Waals surface area contributed by atoms with Crippen LogP contribution in [0.15, 0.2) is 60.7 Å². The highest BCUT2D eigenvalue weighted by Crippen LogP contribution is 2.23. The molecule has 0 aliphatic heterocycles. The lowest BCUT2D eigenvalue weighted by molar-refractivity contribution is -0.123. The van der Waals surface area contributed by atoms with Crippen molar-refractivity contribution in [2.24, 2.45) is 5.92 Å². The molecule has 0 unspecified atom stereocenters. The van der Waals surface area contributed by atoms with E-state index in [1.807, 2.05) is 48.5 Å². The summed E-state index contributed by atoms with van der Waals surface area (Å²) in [7, 11) is 0. The molecule has 2 aromatic rings. The number of rotatable bonds is 6. The average Bonchev–Trinajstić information content (AvgIpc) is 2.70. The van der Waals surface area contributed by atoms with E-state index in [-0.39, 0.29) is 17.9 Å². The number of nitrogens with one attached hydrogen (secondary N) is 2. The van der Waals surface area contributed by atoms with E-state index < -0.39 is 6.04 Å². The van der Waals surface area contributed by atoms with Gasteiger partial charge in [0, 0.05) is 18.0 Å². The largest absolute Gasteiger partial charge is 0.352 e. The van der Waals surface area contributed by atoms with Crippen LogP contribution in [-0.2, 0) is 11.2 Å². The molecule has 27 heavy (non-hydrogen) atoms. The fraction of sp³-hybridized carbons (Fsp3) is 0.391. The summed E-state index contributed by atoms with van der Waals surface area (Å²) in [5.74, 6) is 0.419. The summed E-state index contributed by atoms with van der Waals surface area (Å²) in [5, 5.41) is 6.09. The van der Waals surface area contributed by atoms with Gasteiger partial charge in [0.05, 0.1) is 0 Å². The molecule has 1 fully saturated rings. The summed E-state index contributed by atoms with van der Waals surface area (Å²) in [6.45, 7) is 2.26. The number of benzene rings is 2. The van der Waals surface area contributed by atoms with E-state index in [1.54, 1.807) is 12.1 Å². The van der Waals surface area contributed by atoms with E-state index in [0.717, 1.165) is 37.2 Å². The minimum absolute atomic E-state index is 0.0947. The van der Waals surface area contributed by atoms with Gasteiger partial charge in [-0.2, -0.15) is 0 Å². The van der Waals surface area contributed by atoms with E-state index in [1.165, 1.54) is 0 Å². The van der Waals surface area contributed by atoms with Crippen LogP contribution in [0.5, 0.6) is 0 Å². The number of hydrogen-bond acceptors (Lipinski definition) is 2. The number of hydrogen-bond donors (Lipinski definition) is 2. The van der Waals surface area contributed by atoms with Crippen LogP contribution in [0.4, 0.5) is 0 Å². The van der Waals surface area contributed by atoms with E-state index >= 15 is 0 Å². The van der Waals surface area contributed by atoms with Gasteiger partial charge in [-0.15, -0.1) is 0 Å². The molecule has 0 saturated heterocycles. The highest BCUT2D eigenvalue weighted by molar-refractivity contribution is 5.97. The predicted molar refractivity (Wildman–Crippen MR) is 107 cm³/mol. The second kappa shape index (κ2) is 9.36. The summed E-state index contributed by atoms with van der Waals surface area (Å²) in [5.41, 5.74) is 1.60. The molecular formula is C23H28N2O2. The Morgan fingerprint density at radius 3 is 2.15 bits per heavy atom. The van der Waals surface area contributed by atoms with E-state index in [4.69, 9.17) is 0 Å². The topological polar surface area (TPSA) is 58.2 Å². The normalized spacial score (nSPS) is 20.5. The first-order valence-corrected chi connectivity index (χ1v) is 9.82. The maximum atomic E-state index is 12.9. The third-order valence-corrected chi connectivity index (χ3v) is 5.30. The minimum atomic E-state index is -0.584. The Morgan fingerprint density at radius 1 is 0.926 bits per heavy atom. The molecule has 4 nitrogen and oxygen atoms in total. The van der Waals surface area contributed by atoms with Crippen LogP contribution in [0, 0.1) is 5.92 Å². The quantitative estimate of drug-likeness (QED) is 0.821. The first-order chi connectivity index (χ1) is 13.1. The van der Waals surface area contributed by atoms with Crippen molar-refractivity contribution in [2.45, 2.75) is 51.1 Å². The molecule has 1 saturated carbocycles. The van der Waals surface area contributed by atoms with Gasteiger partial charge >= 0.3 is 0 Å². The molecule has 0 spiro atoms. The molecule has 0 aromatic heterocycles. The molecule has 3 rings (SSSR count). The zero-order valence-electron chi connectivity index (χ0n) is 15.9. The molecule has 1 aliphatic carbocycles. The molecule has 1 aliphatic rings. The maximum absolute atomic E-state index is 12.9. The Balaban J connectivity index is 1.68. The standard InChI is InChI=1S/C23H28N2O2/c1-17-12-14-20(15-13-17)24-23(27)21(16-18-8-4-2-5-9-18)25-22(26)19-10-6-3-7-11-19/h2-11,17,20-21H,12-16H2,1H3,(H,24,27)(H,25,26)/t17?,20?,21-/m0/s1. The SMILES string of the molecule is CC1CCC(NC(=O)[C@H](Cc2ccccc2)NC(=O)c2ccccc2)CC1. The molecule has 0 heterocycles. The molecule has 2 N–H and O–H groups in total. The fourth-order valence-electron chi connectivity index (χ4n) is 3.60. The summed E-state index contributed by atoms with van der Waals surface area (Å²) >= 11 is 0. The Kier molecular flexibility index (Phi) is 6.64. The lowest BCUT2D eigenvalue weighted by Crippen LogP contribution is -2.51. The van der Waals surface area contributed by atoms with Crippen LogP contribution < -0.4 is 10.6 Å². The molecular weight excluding hydrogens is 336 g/mol. The lowest BCUT2D eigenvalue weighted by atomic mass is 9.87. The van der Waals surface area contributed by atoms with E-state index in [0.29, 0.717) is 12.0 Å². The van der Waals surface area contributed by atoms with Crippen molar-refractivity contribution in [3.8, 4) is 0 Å². The Hall–Kier alpha value is -2.62. The van der Waals surface area contributed by atoms with Crippen LogP contribution in [0.2, 0.25) is 0 Å². The van der Waals surface area contributed by atoms with Crippen molar-refractivity contribution >= 4 is 11.8 Å². The van der Waals surface area contributed by atoms with Gasteiger partial charge in [-0.25, -0.2) is 0 Å². The average molecular weight is 364 g/mol. The zero-order chi connectivity index (χ0) is 19.1. The number of amides is 2. The second-order valence-corrected chi connectivity index (χ2v) is 7.55. The van der Waals surface area contributed by atoms with Gasteiger partial charge in [-0.1, -0.05) is 55.5 Å². The number of carbonyl (C=O) groups is 2. The molecule has 142 valence electrons. The van der Waals surface area contributed by atoms with Crippen LogP contribution >= 0.6 is 0 Å². The van der Waals surface area contributed by atoms with E-state index in [2.05, 4.69) is 17.6 Å². The smallest absolute Gasteiger partial charge is 0.251 e. The van der Waals surface area contributed by atoms with Gasteiger partial charge in [0.15, 0.2) is 0 Å². The van der Waals surface area contributed by atoms with Gasteiger partial charge in [0.25, 0.3) is 5.91 Å². The summed E-state index contributed by atoms with van der Waals surface area (Å²) < 4.78 is 0. The lowest BCUT2D eigenvalue weighted by Gasteiger charge is -2.29. The van der Waals surface area contributed by atoms with Crippen molar-refractivity contribution in [3.05, 3.63) is 71.8 Å². The van der Waals surface area contributed by atoms with Crippen LogP contribution in [-0.4, -0.2) is 23.9 Å². The van der Waals surface area contributed by atoms with Crippen LogP contribution in [0.1, 0.15) is 48.5 Å². The van der Waals surface area contributed by atoms with Gasteiger partial charge in [-0.3, -0.25) is 9.59 Å². The van der Waals surface area contributed by atoms with Crippen LogP contribution in [0.3, 0.4) is 0 Å². The van der Waals surface area contributed by atoms with Crippen molar-refractivity contribution < 1.29 is 9.59 Å². The highest BCUT2D eigenvalue weighted by Gasteiger charge is 2.26. The van der Waals surface area contributed by atoms with Gasteiger partial charge in [-0.05, 0) is 49.3 Å². The molecule has 0 radical (unpaired) electrons. The monoisotopic (exact) mass is 364 g/mol. The summed E-state index contributed by atoms with van der Waals surface area (Å²) in [4.78, 5) is 25.5. The Labute approximate surface area is 161 Å². The summed E-state index contributed by atoms with van der Waals surface area (Å²) in [6.07, 6.45) is 4.79.